The first-order valence-corrected chi connectivity index (χ1v) is 44.6. The van der Waals surface area contributed by atoms with Crippen LogP contribution in [0.3, 0.4) is 0 Å². The van der Waals surface area contributed by atoms with Gasteiger partial charge in [-0.2, -0.15) is 0 Å². The highest BCUT2D eigenvalue weighted by Crippen LogP contribution is 2.75. The molecular weight excluding hydrogens is 1180 g/mol. The van der Waals surface area contributed by atoms with Crippen molar-refractivity contribution in [3.8, 4) is 0 Å². The third-order valence-corrected chi connectivity index (χ3v) is 22.5. The van der Waals surface area contributed by atoms with Crippen molar-refractivity contribution in [1.29, 1.82) is 0 Å². The molecule has 0 amide bonds. The molecule has 0 saturated heterocycles. The second-order valence-electron chi connectivity index (χ2n) is 24.5. The Morgan fingerprint density at radius 1 is 0.245 bits per heavy atom. The third kappa shape index (κ3) is 26.2. The molecule has 0 heteroatoms. The molecule has 0 aromatic heterocycles. The largest absolute Gasteiger partial charge is 0.0683 e. The minimum Gasteiger partial charge on any atom is -0.0683 e. The molecule has 0 bridgehead atoms. The van der Waals surface area contributed by atoms with Crippen LogP contribution in [0.2, 0.25) is 0 Å². The Morgan fingerprint density at radius 2 is 0.429 bits per heavy atom. The molecule has 0 heterocycles. The third-order valence-electron chi connectivity index (χ3n) is 22.5. The lowest BCUT2D eigenvalue weighted by Crippen LogP contribution is -2.52. The first kappa shape index (κ1) is 106. The molecule has 2 spiro atoms. The molecule has 0 nitrogen and oxygen atoms in total. The molecule has 8 saturated carbocycles. The maximum Gasteiger partial charge on any atom is -0.0154 e. The molecule has 8 fully saturated rings. The van der Waals surface area contributed by atoms with Crippen LogP contribution in [0.15, 0.2) is 97.1 Å². The van der Waals surface area contributed by atoms with Gasteiger partial charge >= 0.3 is 0 Å². The van der Waals surface area contributed by atoms with Crippen LogP contribution >= 0.6 is 0 Å². The highest BCUT2D eigenvalue weighted by Gasteiger charge is 2.67. The Kier molecular flexibility index (Phi) is 71.2. The number of rotatable bonds is 8. The lowest BCUT2D eigenvalue weighted by Gasteiger charge is -2.60. The molecule has 0 N–H and O–H groups in total. The van der Waals surface area contributed by atoms with Crippen LogP contribution in [0.25, 0.3) is 0 Å². The molecule has 4 aromatic carbocycles. The van der Waals surface area contributed by atoms with E-state index in [0.717, 1.165) is 82.9 Å². The van der Waals surface area contributed by atoms with E-state index in [-0.39, 0.29) is 0 Å². The molecule has 12 rings (SSSR count). The zero-order chi connectivity index (χ0) is 77.2. The van der Waals surface area contributed by atoms with Gasteiger partial charge < -0.3 is 0 Å². The second kappa shape index (κ2) is 65.9. The highest BCUT2D eigenvalue weighted by atomic mass is 14.7. The smallest absolute Gasteiger partial charge is 0.0154 e. The first-order chi connectivity index (χ1) is 48.3. The summed E-state index contributed by atoms with van der Waals surface area (Å²) in [7, 11) is 0. The predicted molar refractivity (Wildman–Crippen MR) is 461 cm³/mol. The van der Waals surface area contributed by atoms with Gasteiger partial charge in [-0.15, -0.1) is 0 Å². The molecule has 4 aromatic rings. The number of hydrogen-bond acceptors (Lipinski definition) is 0. The van der Waals surface area contributed by atoms with Crippen LogP contribution in [0.1, 0.15) is 434 Å². The average Bonchev–Trinajstić information content (AvgIpc) is 1.51. The van der Waals surface area contributed by atoms with Crippen molar-refractivity contribution < 1.29 is 0 Å². The van der Waals surface area contributed by atoms with Crippen molar-refractivity contribution in [2.75, 3.05) is 0 Å². The maximum absolute atomic E-state index is 2.70. The van der Waals surface area contributed by atoms with E-state index in [9.17, 15) is 0 Å². The van der Waals surface area contributed by atoms with Crippen molar-refractivity contribution in [2.45, 2.75) is 415 Å². The molecule has 98 heavy (non-hydrogen) atoms. The maximum atomic E-state index is 2.70. The monoisotopic (exact) mass is 1360 g/mol. The number of aryl methyl sites for hydroxylation is 4. The van der Waals surface area contributed by atoms with Gasteiger partial charge in [-0.3, -0.25) is 0 Å². The SMILES string of the molecule is CC.CC.CC.CC.CC.CC.CC.CC.CC.CC.CC.CC.CC.CC.CC.CC.CCc1ccccc1C1C[C@@H]2CC(c3ccccc3CC)C[C@H](C)[C@@]23C2CCCC2C[C@@H]3C1.CCc1ccccc1C1C[C@@H]2CC(c3ccccc3CC)C[C@H](C)[C@@]23C2CCCC2C[C@@H]3C1. The normalized spacial score (nSPS) is 27.7. The van der Waals surface area contributed by atoms with Gasteiger partial charge in [0.1, 0.15) is 0 Å². The minimum atomic E-state index is 0.649. The van der Waals surface area contributed by atoms with Crippen LogP contribution < -0.4 is 0 Å². The van der Waals surface area contributed by atoms with E-state index in [2.05, 4.69) is 139 Å². The number of hydrogen-bond donors (Lipinski definition) is 0. The number of fused-ring (bicyclic) bond motifs is 2. The van der Waals surface area contributed by atoms with Crippen molar-refractivity contribution in [3.05, 3.63) is 142 Å². The molecule has 0 aliphatic heterocycles. The zero-order valence-electron chi connectivity index (χ0n) is 74.5. The summed E-state index contributed by atoms with van der Waals surface area (Å²) in [5, 5.41) is 0. The van der Waals surface area contributed by atoms with Gasteiger partial charge in [0.05, 0.1) is 0 Å². The second-order valence-corrected chi connectivity index (χ2v) is 24.5. The Labute approximate surface area is 623 Å². The van der Waals surface area contributed by atoms with Gasteiger partial charge in [0.15, 0.2) is 0 Å². The Bertz CT molecular complexity index is 2130. The van der Waals surface area contributed by atoms with Crippen LogP contribution in [0.5, 0.6) is 0 Å². The lowest BCUT2D eigenvalue weighted by molar-refractivity contribution is -0.0888. The highest BCUT2D eigenvalue weighted by molar-refractivity contribution is 5.37. The molecule has 0 radical (unpaired) electrons. The lowest BCUT2D eigenvalue weighted by atomic mass is 9.45. The number of benzene rings is 4. The standard InChI is InChI=1S/2C33H44.16C2H6/c2*1-4-23-11-6-8-14-30(23)26-17-22(3)33-28(18-25-13-10-16-32(25)33)20-27(21-29(33)19-26)31-15-9-7-12-24(31)5-2;16*1-2/h2*6-9,11-12,14-15,22,25-29,32H,4-5,10,13,16-21H2,1-3H3;16*1-2H3/t2*22-,25?,26?,27?,28+,29-,32?,33-;;;;;;;;;;;;;;;;/m00................/s1. The molecule has 8 aliphatic rings. The van der Waals surface area contributed by atoms with Gasteiger partial charge in [0, 0.05) is 0 Å². The van der Waals surface area contributed by atoms with E-state index in [4.69, 9.17) is 0 Å². The summed E-state index contributed by atoms with van der Waals surface area (Å²) >= 11 is 0. The van der Waals surface area contributed by atoms with E-state index in [1.165, 1.54) is 116 Å². The molecule has 576 valence electrons. The Hall–Kier alpha value is -3.12. The fourth-order valence-electron chi connectivity index (χ4n) is 20.7. The van der Waals surface area contributed by atoms with Gasteiger partial charge in [-0.25, -0.2) is 0 Å². The van der Waals surface area contributed by atoms with E-state index < -0.39 is 0 Å². The average molecular weight is 1360 g/mol. The summed E-state index contributed by atoms with van der Waals surface area (Å²) in [6.45, 7) is 78.8. The van der Waals surface area contributed by atoms with E-state index in [1.807, 2.05) is 222 Å². The fourth-order valence-corrected chi connectivity index (χ4v) is 20.7. The summed E-state index contributed by atoms with van der Waals surface area (Å²) in [4.78, 5) is 0. The van der Waals surface area contributed by atoms with Crippen LogP contribution in [-0.4, -0.2) is 0 Å². The summed E-state index contributed by atoms with van der Waals surface area (Å²) in [6, 6.07) is 37.8. The zero-order valence-corrected chi connectivity index (χ0v) is 74.5. The summed E-state index contributed by atoms with van der Waals surface area (Å²) in [6.07, 6.45) is 28.6. The van der Waals surface area contributed by atoms with Crippen molar-refractivity contribution in [2.24, 2.45) is 70.0 Å². The Morgan fingerprint density at radius 3 is 0.633 bits per heavy atom. The summed E-state index contributed by atoms with van der Waals surface area (Å²) in [5.41, 5.74) is 14.5. The Balaban J connectivity index is -0.000000307. The topological polar surface area (TPSA) is 0 Å². The van der Waals surface area contributed by atoms with Gasteiger partial charge in [0.2, 0.25) is 0 Å². The van der Waals surface area contributed by atoms with E-state index in [1.54, 1.807) is 57.3 Å². The molecule has 8 aliphatic carbocycles. The van der Waals surface area contributed by atoms with Crippen molar-refractivity contribution in [1.82, 2.24) is 0 Å². The van der Waals surface area contributed by atoms with Crippen molar-refractivity contribution >= 4 is 0 Å². The predicted octanol–water partition coefficient (Wildman–Crippen LogP) is 34.3. The fraction of sp³-hybridized carbons (Fsp3) is 0.755. The molecule has 8 unspecified atom stereocenters. The minimum absolute atomic E-state index is 0.649. The van der Waals surface area contributed by atoms with Gasteiger partial charge in [-0.1, -0.05) is 386 Å². The van der Waals surface area contributed by atoms with Gasteiger partial charge in [0.25, 0.3) is 0 Å². The molecule has 16 atom stereocenters. The van der Waals surface area contributed by atoms with Crippen molar-refractivity contribution in [3.63, 3.8) is 0 Å². The quantitative estimate of drug-likeness (QED) is 0.165. The summed E-state index contributed by atoms with van der Waals surface area (Å²) in [5.74, 6) is 12.8. The van der Waals surface area contributed by atoms with E-state index >= 15 is 0 Å². The molecular formula is C98H184. The van der Waals surface area contributed by atoms with Crippen LogP contribution in [0.4, 0.5) is 0 Å². The van der Waals surface area contributed by atoms with Crippen LogP contribution in [-0.2, 0) is 25.7 Å². The first-order valence-electron chi connectivity index (χ1n) is 44.6. The van der Waals surface area contributed by atoms with Crippen LogP contribution in [0, 0.1) is 70.0 Å². The van der Waals surface area contributed by atoms with E-state index in [0.29, 0.717) is 10.8 Å². The summed E-state index contributed by atoms with van der Waals surface area (Å²) < 4.78 is 0. The van der Waals surface area contributed by atoms with Gasteiger partial charge in [-0.05, 0) is 241 Å².